The highest BCUT2D eigenvalue weighted by Gasteiger charge is 2.23. The van der Waals surface area contributed by atoms with E-state index in [9.17, 15) is 9.90 Å². The number of aryl methyl sites for hydroxylation is 1. The molecule has 0 aliphatic rings. The fourth-order valence-corrected chi connectivity index (χ4v) is 2.83. The van der Waals surface area contributed by atoms with Crippen LogP contribution < -0.4 is 10.1 Å². The number of carbonyl (C=O) groups excluding carboxylic acids is 1. The number of fused-ring (bicyclic) bond motifs is 1. The molecule has 0 aliphatic heterocycles. The number of rotatable bonds is 5. The number of aliphatic hydroxyl groups excluding tert-OH is 1. The number of methoxy groups -OCH3 is 1. The van der Waals surface area contributed by atoms with Crippen LogP contribution in [0, 0.1) is 6.92 Å². The summed E-state index contributed by atoms with van der Waals surface area (Å²) in [6, 6.07) is 14.1. The summed E-state index contributed by atoms with van der Waals surface area (Å²) in [5.41, 5.74) is 2.17. The Balaban J connectivity index is 1.75. The third-order valence-corrected chi connectivity index (χ3v) is 4.34. The second kappa shape index (κ2) is 6.99. The summed E-state index contributed by atoms with van der Waals surface area (Å²) in [5, 5.41) is 14.2. The van der Waals surface area contributed by atoms with Crippen LogP contribution in [0.4, 0.5) is 0 Å². The average molecular weight is 339 g/mol. The highest BCUT2D eigenvalue weighted by molar-refractivity contribution is 5.99. The third kappa shape index (κ3) is 3.37. The molecule has 0 bridgehead atoms. The van der Waals surface area contributed by atoms with Crippen LogP contribution in [0.3, 0.4) is 0 Å². The summed E-state index contributed by atoms with van der Waals surface area (Å²) in [5.74, 6) is 0.647. The molecule has 0 spiro atoms. The molecule has 0 radical (unpaired) electrons. The molecule has 2 aromatic carbocycles. The number of aliphatic hydroxyl groups is 1. The number of para-hydroxylation sites is 1. The smallest absolute Gasteiger partial charge is 0.287 e. The number of ether oxygens (including phenoxy) is 1. The highest BCUT2D eigenvalue weighted by Crippen LogP contribution is 2.25. The first-order chi connectivity index (χ1) is 12.0. The Kier molecular flexibility index (Phi) is 4.76. The molecule has 130 valence electrons. The van der Waals surface area contributed by atoms with Crippen molar-refractivity contribution in [3.8, 4) is 5.75 Å². The van der Waals surface area contributed by atoms with E-state index in [2.05, 4.69) is 5.32 Å². The fraction of sp³-hybridized carbons (Fsp3) is 0.250. The molecule has 2 N–H and O–H groups in total. The summed E-state index contributed by atoms with van der Waals surface area (Å²) < 4.78 is 10.8. The van der Waals surface area contributed by atoms with Gasteiger partial charge in [-0.1, -0.05) is 30.3 Å². The number of hydrogen-bond acceptors (Lipinski definition) is 4. The summed E-state index contributed by atoms with van der Waals surface area (Å²) >= 11 is 0. The highest BCUT2D eigenvalue weighted by atomic mass is 16.5. The van der Waals surface area contributed by atoms with Crippen LogP contribution in [-0.4, -0.2) is 24.2 Å². The molecule has 1 heterocycles. The Morgan fingerprint density at radius 1 is 1.16 bits per heavy atom. The van der Waals surface area contributed by atoms with E-state index in [1.54, 1.807) is 38.3 Å². The largest absolute Gasteiger partial charge is 0.497 e. The van der Waals surface area contributed by atoms with Crippen molar-refractivity contribution in [3.05, 3.63) is 65.4 Å². The summed E-state index contributed by atoms with van der Waals surface area (Å²) in [4.78, 5) is 12.5. The van der Waals surface area contributed by atoms with E-state index < -0.39 is 12.1 Å². The van der Waals surface area contributed by atoms with Gasteiger partial charge in [0, 0.05) is 10.9 Å². The van der Waals surface area contributed by atoms with E-state index in [0.717, 1.165) is 10.9 Å². The summed E-state index contributed by atoms with van der Waals surface area (Å²) in [6.07, 6.45) is -0.834. The lowest BCUT2D eigenvalue weighted by molar-refractivity contribution is 0.0827. The van der Waals surface area contributed by atoms with Gasteiger partial charge in [-0.25, -0.2) is 0 Å². The van der Waals surface area contributed by atoms with Crippen molar-refractivity contribution in [2.45, 2.75) is 26.0 Å². The standard InChI is InChI=1S/C20H21NO4/c1-12-16-6-4-5-7-17(16)25-19(12)20(23)21-13(2)18(22)14-8-10-15(24-3)11-9-14/h4-11,13,18,22H,1-3H3,(H,21,23). The lowest BCUT2D eigenvalue weighted by atomic mass is 10.0. The Hall–Kier alpha value is -2.79. The maximum absolute atomic E-state index is 12.5. The van der Waals surface area contributed by atoms with Crippen molar-refractivity contribution in [2.24, 2.45) is 0 Å². The Morgan fingerprint density at radius 3 is 2.48 bits per heavy atom. The van der Waals surface area contributed by atoms with Gasteiger partial charge in [-0.3, -0.25) is 4.79 Å². The zero-order valence-corrected chi connectivity index (χ0v) is 14.4. The van der Waals surface area contributed by atoms with Gasteiger partial charge in [0.05, 0.1) is 19.3 Å². The van der Waals surface area contributed by atoms with Crippen LogP contribution in [0.5, 0.6) is 5.75 Å². The number of hydrogen-bond donors (Lipinski definition) is 2. The molecule has 2 unspecified atom stereocenters. The van der Waals surface area contributed by atoms with Gasteiger partial charge in [0.25, 0.3) is 5.91 Å². The molecule has 1 aromatic heterocycles. The number of carbonyl (C=O) groups is 1. The predicted molar refractivity (Wildman–Crippen MR) is 95.8 cm³/mol. The molecule has 1 amide bonds. The molecular weight excluding hydrogens is 318 g/mol. The molecule has 0 fully saturated rings. The molecular formula is C20H21NO4. The Bertz CT molecular complexity index is 882. The van der Waals surface area contributed by atoms with Crippen LogP contribution >= 0.6 is 0 Å². The van der Waals surface area contributed by atoms with E-state index in [4.69, 9.17) is 9.15 Å². The zero-order chi connectivity index (χ0) is 18.0. The minimum absolute atomic E-state index is 0.273. The second-order valence-electron chi connectivity index (χ2n) is 6.03. The first-order valence-electron chi connectivity index (χ1n) is 8.12. The minimum atomic E-state index is -0.834. The first kappa shape index (κ1) is 17.0. The lowest BCUT2D eigenvalue weighted by Crippen LogP contribution is -2.37. The van der Waals surface area contributed by atoms with Gasteiger partial charge in [-0.05, 0) is 37.6 Å². The summed E-state index contributed by atoms with van der Waals surface area (Å²) in [7, 11) is 1.59. The second-order valence-corrected chi connectivity index (χ2v) is 6.03. The van der Waals surface area contributed by atoms with E-state index in [1.807, 2.05) is 31.2 Å². The minimum Gasteiger partial charge on any atom is -0.497 e. The first-order valence-corrected chi connectivity index (χ1v) is 8.12. The average Bonchev–Trinajstić information content (AvgIpc) is 2.98. The van der Waals surface area contributed by atoms with Crippen LogP contribution in [0.15, 0.2) is 52.9 Å². The number of amides is 1. The topological polar surface area (TPSA) is 71.7 Å². The molecule has 3 aromatic rings. The van der Waals surface area contributed by atoms with Gasteiger partial charge in [0.2, 0.25) is 0 Å². The molecule has 0 saturated heterocycles. The van der Waals surface area contributed by atoms with Crippen molar-refractivity contribution >= 4 is 16.9 Å². The van der Waals surface area contributed by atoms with E-state index >= 15 is 0 Å². The monoisotopic (exact) mass is 339 g/mol. The van der Waals surface area contributed by atoms with Gasteiger partial charge in [0.1, 0.15) is 11.3 Å². The van der Waals surface area contributed by atoms with Crippen molar-refractivity contribution in [1.29, 1.82) is 0 Å². The van der Waals surface area contributed by atoms with E-state index in [-0.39, 0.29) is 11.7 Å². The fourth-order valence-electron chi connectivity index (χ4n) is 2.83. The van der Waals surface area contributed by atoms with Crippen LogP contribution in [0.1, 0.15) is 34.7 Å². The van der Waals surface area contributed by atoms with Gasteiger partial charge in [-0.2, -0.15) is 0 Å². The third-order valence-electron chi connectivity index (χ3n) is 4.34. The quantitative estimate of drug-likeness (QED) is 0.745. The van der Waals surface area contributed by atoms with Gasteiger partial charge in [-0.15, -0.1) is 0 Å². The zero-order valence-electron chi connectivity index (χ0n) is 14.4. The van der Waals surface area contributed by atoms with Crippen LogP contribution in [0.2, 0.25) is 0 Å². The normalized spacial score (nSPS) is 13.4. The maximum atomic E-state index is 12.5. The van der Waals surface area contributed by atoms with Crippen molar-refractivity contribution in [2.75, 3.05) is 7.11 Å². The molecule has 2 atom stereocenters. The molecule has 0 saturated carbocycles. The molecule has 0 aliphatic carbocycles. The molecule has 5 nitrogen and oxygen atoms in total. The van der Waals surface area contributed by atoms with Gasteiger partial charge >= 0.3 is 0 Å². The number of nitrogens with one attached hydrogen (secondary N) is 1. The Labute approximate surface area is 146 Å². The molecule has 3 rings (SSSR count). The maximum Gasteiger partial charge on any atom is 0.287 e. The number of furan rings is 1. The predicted octanol–water partition coefficient (Wildman–Crippen LogP) is 3.60. The van der Waals surface area contributed by atoms with E-state index in [1.165, 1.54) is 0 Å². The molecule has 25 heavy (non-hydrogen) atoms. The SMILES string of the molecule is COc1ccc(C(O)C(C)NC(=O)c2oc3ccccc3c2C)cc1. The van der Waals surface area contributed by atoms with Crippen LogP contribution in [0.25, 0.3) is 11.0 Å². The van der Waals surface area contributed by atoms with Crippen molar-refractivity contribution in [1.82, 2.24) is 5.32 Å². The van der Waals surface area contributed by atoms with Crippen molar-refractivity contribution in [3.63, 3.8) is 0 Å². The van der Waals surface area contributed by atoms with E-state index in [0.29, 0.717) is 16.9 Å². The number of benzene rings is 2. The molecule has 5 heteroatoms. The Morgan fingerprint density at radius 2 is 1.84 bits per heavy atom. The van der Waals surface area contributed by atoms with Gasteiger partial charge in [0.15, 0.2) is 5.76 Å². The van der Waals surface area contributed by atoms with Crippen molar-refractivity contribution < 1.29 is 19.1 Å². The van der Waals surface area contributed by atoms with Gasteiger partial charge < -0.3 is 19.6 Å². The summed E-state index contributed by atoms with van der Waals surface area (Å²) in [6.45, 7) is 3.61. The lowest BCUT2D eigenvalue weighted by Gasteiger charge is -2.20. The van der Waals surface area contributed by atoms with Crippen LogP contribution in [-0.2, 0) is 0 Å².